The van der Waals surface area contributed by atoms with Gasteiger partial charge in [-0.3, -0.25) is 0 Å². The van der Waals surface area contributed by atoms with Gasteiger partial charge in [0.1, 0.15) is 0 Å². The van der Waals surface area contributed by atoms with Crippen LogP contribution in [-0.2, 0) is 0 Å². The lowest BCUT2D eigenvalue weighted by Crippen LogP contribution is -1.81. The van der Waals surface area contributed by atoms with E-state index in [0.717, 1.165) is 0 Å². The van der Waals surface area contributed by atoms with E-state index in [1.54, 1.807) is 0 Å². The van der Waals surface area contributed by atoms with Crippen LogP contribution in [-0.4, -0.2) is 5.75 Å². The third-order valence-corrected chi connectivity index (χ3v) is 1.82. The molecule has 7 heavy (non-hydrogen) atoms. The lowest BCUT2D eigenvalue weighted by atomic mass is 10.4. The molecule has 0 aromatic rings. The molecule has 0 aromatic heterocycles. The Morgan fingerprint density at radius 1 is 1.71 bits per heavy atom. The van der Waals surface area contributed by atoms with Crippen LogP contribution in [0.3, 0.4) is 0 Å². The van der Waals surface area contributed by atoms with Crippen molar-refractivity contribution < 1.29 is 0 Å². The van der Waals surface area contributed by atoms with Crippen molar-refractivity contribution >= 4 is 11.8 Å². The normalized spacial score (nSPS) is 20.3. The smallest absolute Gasteiger partial charge is 0.00145 e. The van der Waals surface area contributed by atoms with Gasteiger partial charge in [-0.15, -0.1) is 11.8 Å². The van der Waals surface area contributed by atoms with E-state index in [4.69, 9.17) is 0 Å². The molecule has 0 bridgehead atoms. The second-order valence-corrected chi connectivity index (χ2v) is 2.73. The molecule has 0 saturated heterocycles. The molecule has 0 aliphatic carbocycles. The Balaban J connectivity index is 2.51. The van der Waals surface area contributed by atoms with Crippen LogP contribution >= 0.6 is 11.8 Å². The van der Waals surface area contributed by atoms with Gasteiger partial charge in [-0.1, -0.05) is 18.7 Å². The molecule has 1 heteroatoms. The van der Waals surface area contributed by atoms with Crippen LogP contribution in [0.25, 0.3) is 0 Å². The molecule has 0 nitrogen and oxygen atoms in total. The van der Waals surface area contributed by atoms with E-state index in [1.165, 1.54) is 17.1 Å². The molecule has 1 aliphatic heterocycles. The van der Waals surface area contributed by atoms with Crippen molar-refractivity contribution in [2.75, 3.05) is 5.75 Å². The van der Waals surface area contributed by atoms with Gasteiger partial charge in [0, 0.05) is 5.75 Å². The van der Waals surface area contributed by atoms with Crippen LogP contribution in [0.4, 0.5) is 0 Å². The maximum absolute atomic E-state index is 3.79. The second-order valence-electron chi connectivity index (χ2n) is 1.51. The van der Waals surface area contributed by atoms with E-state index in [9.17, 15) is 0 Å². The zero-order valence-electron chi connectivity index (χ0n) is 4.18. The standard InChI is InChI=1S/C6H8S/c1-6-4-2-3-5-7-6/h2,4H,1,3,5H2. The van der Waals surface area contributed by atoms with E-state index in [-0.39, 0.29) is 0 Å². The van der Waals surface area contributed by atoms with Crippen molar-refractivity contribution in [3.05, 3.63) is 23.6 Å². The highest BCUT2D eigenvalue weighted by Gasteiger charge is 1.93. The zero-order chi connectivity index (χ0) is 5.11. The molecular formula is C6H8S. The average molecular weight is 112 g/mol. The zero-order valence-corrected chi connectivity index (χ0v) is 5.00. The molecule has 0 spiro atoms. The molecule has 0 N–H and O–H groups in total. The van der Waals surface area contributed by atoms with Crippen molar-refractivity contribution in [1.29, 1.82) is 0 Å². The van der Waals surface area contributed by atoms with Crippen molar-refractivity contribution in [3.63, 3.8) is 0 Å². The number of thioether (sulfide) groups is 1. The molecule has 0 fully saturated rings. The lowest BCUT2D eigenvalue weighted by Gasteiger charge is -2.01. The van der Waals surface area contributed by atoms with Gasteiger partial charge in [0.2, 0.25) is 0 Å². The first-order valence-corrected chi connectivity index (χ1v) is 3.36. The molecule has 0 aromatic carbocycles. The first kappa shape index (κ1) is 4.98. The molecule has 1 aliphatic rings. The van der Waals surface area contributed by atoms with Gasteiger partial charge in [0.25, 0.3) is 0 Å². The molecule has 0 amide bonds. The van der Waals surface area contributed by atoms with E-state index in [1.807, 2.05) is 11.8 Å². The third kappa shape index (κ3) is 1.39. The highest BCUT2D eigenvalue weighted by molar-refractivity contribution is 8.03. The van der Waals surface area contributed by atoms with Crippen molar-refractivity contribution in [2.24, 2.45) is 0 Å². The Morgan fingerprint density at radius 3 is 2.86 bits per heavy atom. The van der Waals surface area contributed by atoms with Gasteiger partial charge in [-0.25, -0.2) is 0 Å². The Morgan fingerprint density at radius 2 is 2.57 bits per heavy atom. The summed E-state index contributed by atoms with van der Waals surface area (Å²) in [5, 5.41) is 0. The summed E-state index contributed by atoms with van der Waals surface area (Å²) in [6, 6.07) is 0. The largest absolute Gasteiger partial charge is 0.126 e. The minimum absolute atomic E-state index is 1.20. The second kappa shape index (κ2) is 2.22. The number of hydrogen-bond donors (Lipinski definition) is 0. The molecular weight excluding hydrogens is 104 g/mol. The minimum Gasteiger partial charge on any atom is -0.126 e. The molecule has 0 unspecified atom stereocenters. The van der Waals surface area contributed by atoms with Gasteiger partial charge >= 0.3 is 0 Å². The quantitative estimate of drug-likeness (QED) is 0.463. The predicted octanol–water partition coefficient (Wildman–Crippen LogP) is 2.19. The predicted molar refractivity (Wildman–Crippen MR) is 35.4 cm³/mol. The summed E-state index contributed by atoms with van der Waals surface area (Å²) in [6.45, 7) is 3.79. The monoisotopic (exact) mass is 112 g/mol. The number of rotatable bonds is 0. The molecule has 1 rings (SSSR count). The number of hydrogen-bond acceptors (Lipinski definition) is 1. The highest BCUT2D eigenvalue weighted by Crippen LogP contribution is 2.20. The van der Waals surface area contributed by atoms with Gasteiger partial charge < -0.3 is 0 Å². The fourth-order valence-corrected chi connectivity index (χ4v) is 1.23. The van der Waals surface area contributed by atoms with Crippen LogP contribution in [0.2, 0.25) is 0 Å². The SMILES string of the molecule is C=C1C=CCCS1. The molecule has 1 heterocycles. The third-order valence-electron chi connectivity index (χ3n) is 0.876. The van der Waals surface area contributed by atoms with Gasteiger partial charge in [-0.05, 0) is 11.3 Å². The summed E-state index contributed by atoms with van der Waals surface area (Å²) in [7, 11) is 0. The van der Waals surface area contributed by atoms with Crippen molar-refractivity contribution in [1.82, 2.24) is 0 Å². The molecule has 0 radical (unpaired) electrons. The highest BCUT2D eigenvalue weighted by atomic mass is 32.2. The summed E-state index contributed by atoms with van der Waals surface area (Å²) in [6.07, 6.45) is 5.46. The summed E-state index contributed by atoms with van der Waals surface area (Å²) in [5.41, 5.74) is 0. The maximum atomic E-state index is 3.79. The average Bonchev–Trinajstić information content (AvgIpc) is 1.69. The summed E-state index contributed by atoms with van der Waals surface area (Å²) >= 11 is 1.84. The van der Waals surface area contributed by atoms with Crippen LogP contribution in [0.5, 0.6) is 0 Å². The van der Waals surface area contributed by atoms with Crippen LogP contribution < -0.4 is 0 Å². The molecule has 0 saturated carbocycles. The van der Waals surface area contributed by atoms with Crippen LogP contribution in [0.15, 0.2) is 23.6 Å². The Hall–Kier alpha value is -0.170. The van der Waals surface area contributed by atoms with Gasteiger partial charge in [0.05, 0.1) is 0 Å². The summed E-state index contributed by atoms with van der Waals surface area (Å²) in [5.74, 6) is 1.22. The van der Waals surface area contributed by atoms with E-state index >= 15 is 0 Å². The van der Waals surface area contributed by atoms with Crippen molar-refractivity contribution in [3.8, 4) is 0 Å². The van der Waals surface area contributed by atoms with Crippen LogP contribution in [0.1, 0.15) is 6.42 Å². The Bertz CT molecular complexity index is 103. The van der Waals surface area contributed by atoms with Crippen molar-refractivity contribution in [2.45, 2.75) is 6.42 Å². The minimum atomic E-state index is 1.20. The first-order valence-electron chi connectivity index (χ1n) is 2.38. The fourth-order valence-electron chi connectivity index (χ4n) is 0.521. The Labute approximate surface area is 48.3 Å². The summed E-state index contributed by atoms with van der Waals surface area (Å²) in [4.78, 5) is 1.20. The molecule has 38 valence electrons. The van der Waals surface area contributed by atoms with E-state index < -0.39 is 0 Å². The number of allylic oxidation sites excluding steroid dienone is 2. The maximum Gasteiger partial charge on any atom is 0.00145 e. The van der Waals surface area contributed by atoms with Gasteiger partial charge in [-0.2, -0.15) is 0 Å². The van der Waals surface area contributed by atoms with Gasteiger partial charge in [0.15, 0.2) is 0 Å². The van der Waals surface area contributed by atoms with Crippen LogP contribution in [0, 0.1) is 0 Å². The van der Waals surface area contributed by atoms with E-state index in [2.05, 4.69) is 18.7 Å². The molecule has 0 atom stereocenters. The fraction of sp³-hybridized carbons (Fsp3) is 0.333. The summed E-state index contributed by atoms with van der Waals surface area (Å²) < 4.78 is 0. The first-order chi connectivity index (χ1) is 3.39. The van der Waals surface area contributed by atoms with E-state index in [0.29, 0.717) is 0 Å². The lowest BCUT2D eigenvalue weighted by molar-refractivity contribution is 1.23. The topological polar surface area (TPSA) is 0 Å². The Kier molecular flexibility index (Phi) is 1.58.